The number of hydrogen-bond donors (Lipinski definition) is 2. The summed E-state index contributed by atoms with van der Waals surface area (Å²) in [5, 5.41) is 3.17. The molecule has 1 aromatic carbocycles. The van der Waals surface area contributed by atoms with Crippen molar-refractivity contribution in [2.24, 2.45) is 28.9 Å². The lowest BCUT2D eigenvalue weighted by Crippen LogP contribution is -2.60. The van der Waals surface area contributed by atoms with Crippen LogP contribution in [0.1, 0.15) is 37.7 Å². The van der Waals surface area contributed by atoms with Crippen LogP contribution in [-0.2, 0) is 11.3 Å². The van der Waals surface area contributed by atoms with E-state index in [2.05, 4.69) is 5.32 Å². The fourth-order valence-electron chi connectivity index (χ4n) is 5.58. The summed E-state index contributed by atoms with van der Waals surface area (Å²) in [4.78, 5) is 12.2. The molecular formula is C19H26N2O2. The number of nitrogens with one attached hydrogen (secondary N) is 1. The zero-order valence-corrected chi connectivity index (χ0v) is 13.5. The Balaban J connectivity index is 1.35. The summed E-state index contributed by atoms with van der Waals surface area (Å²) in [6.45, 7) is 1.14. The third kappa shape index (κ3) is 2.85. The van der Waals surface area contributed by atoms with Gasteiger partial charge in [0.2, 0.25) is 0 Å². The number of carbonyl (C=O) groups excluding carboxylic acids is 1. The average Bonchev–Trinajstić information content (AvgIpc) is 2.57. The maximum Gasteiger partial charge on any atom is 0.407 e. The molecule has 0 heterocycles. The van der Waals surface area contributed by atoms with Crippen LogP contribution in [-0.4, -0.2) is 18.7 Å². The zero-order chi connectivity index (χ0) is 15.9. The SMILES string of the molecule is NC[C@]12CC3C[C@H](C1)[C@@H](NC(=O)OCc1ccccc1)[C@@H](C3)C2. The number of ether oxygens (including phenoxy) is 1. The predicted molar refractivity (Wildman–Crippen MR) is 88.6 cm³/mol. The fraction of sp³-hybridized carbons (Fsp3) is 0.632. The second-order valence-corrected chi connectivity index (χ2v) is 7.91. The molecule has 0 aromatic heterocycles. The molecule has 0 spiro atoms. The van der Waals surface area contributed by atoms with E-state index in [1.807, 2.05) is 30.3 Å². The maximum absolute atomic E-state index is 12.2. The van der Waals surface area contributed by atoms with Gasteiger partial charge in [0.15, 0.2) is 0 Å². The molecule has 4 saturated carbocycles. The molecule has 0 radical (unpaired) electrons. The van der Waals surface area contributed by atoms with Crippen molar-refractivity contribution in [3.8, 4) is 0 Å². The van der Waals surface area contributed by atoms with Gasteiger partial charge in [0.25, 0.3) is 0 Å². The first kappa shape index (κ1) is 15.0. The molecule has 4 nitrogen and oxygen atoms in total. The highest BCUT2D eigenvalue weighted by molar-refractivity contribution is 5.67. The number of hydrogen-bond acceptors (Lipinski definition) is 3. The van der Waals surface area contributed by atoms with Gasteiger partial charge < -0.3 is 15.8 Å². The Morgan fingerprint density at radius 1 is 1.17 bits per heavy atom. The first-order valence-electron chi connectivity index (χ1n) is 8.85. The van der Waals surface area contributed by atoms with Gasteiger partial charge in [-0.25, -0.2) is 4.79 Å². The quantitative estimate of drug-likeness (QED) is 0.897. The van der Waals surface area contributed by atoms with Crippen LogP contribution in [0.15, 0.2) is 30.3 Å². The van der Waals surface area contributed by atoms with Crippen molar-refractivity contribution in [2.75, 3.05) is 6.54 Å². The van der Waals surface area contributed by atoms with Crippen LogP contribution in [0.5, 0.6) is 0 Å². The van der Waals surface area contributed by atoms with Crippen LogP contribution in [0.2, 0.25) is 0 Å². The first-order chi connectivity index (χ1) is 11.2. The van der Waals surface area contributed by atoms with Crippen molar-refractivity contribution in [3.05, 3.63) is 35.9 Å². The van der Waals surface area contributed by atoms with E-state index in [0.717, 1.165) is 18.0 Å². The smallest absolute Gasteiger partial charge is 0.407 e. The average molecular weight is 314 g/mol. The van der Waals surface area contributed by atoms with Crippen molar-refractivity contribution in [1.82, 2.24) is 5.32 Å². The Labute approximate surface area is 137 Å². The second-order valence-electron chi connectivity index (χ2n) is 7.91. The van der Waals surface area contributed by atoms with Gasteiger partial charge in [-0.1, -0.05) is 30.3 Å². The molecule has 0 saturated heterocycles. The maximum atomic E-state index is 12.2. The van der Waals surface area contributed by atoms with Crippen LogP contribution < -0.4 is 11.1 Å². The van der Waals surface area contributed by atoms with Crippen molar-refractivity contribution in [3.63, 3.8) is 0 Å². The Bertz CT molecular complexity index is 558. The summed E-state index contributed by atoms with van der Waals surface area (Å²) in [6, 6.07) is 10.1. The number of rotatable bonds is 4. The van der Waals surface area contributed by atoms with Gasteiger partial charge in [0.05, 0.1) is 0 Å². The molecule has 5 atom stereocenters. The monoisotopic (exact) mass is 314 g/mol. The number of carbonyl (C=O) groups is 1. The third-order valence-corrected chi connectivity index (χ3v) is 6.33. The highest BCUT2D eigenvalue weighted by Gasteiger charge is 2.55. The van der Waals surface area contributed by atoms with Crippen molar-refractivity contribution >= 4 is 6.09 Å². The highest BCUT2D eigenvalue weighted by Crippen LogP contribution is 2.59. The van der Waals surface area contributed by atoms with Gasteiger partial charge in [-0.05, 0) is 67.4 Å². The Morgan fingerprint density at radius 3 is 2.52 bits per heavy atom. The first-order valence-corrected chi connectivity index (χ1v) is 8.85. The molecule has 0 aliphatic heterocycles. The Kier molecular flexibility index (Phi) is 3.80. The minimum atomic E-state index is -0.270. The van der Waals surface area contributed by atoms with Gasteiger partial charge in [0.1, 0.15) is 6.61 Å². The summed E-state index contributed by atoms with van der Waals surface area (Å²) in [5.74, 6) is 2.01. The fourth-order valence-corrected chi connectivity index (χ4v) is 5.58. The van der Waals surface area contributed by atoms with E-state index in [9.17, 15) is 4.79 Å². The van der Waals surface area contributed by atoms with Crippen molar-refractivity contribution in [2.45, 2.75) is 44.8 Å². The lowest BCUT2D eigenvalue weighted by Gasteiger charge is -2.59. The molecule has 4 fully saturated rings. The molecule has 3 N–H and O–H groups in total. The third-order valence-electron chi connectivity index (χ3n) is 6.33. The van der Waals surface area contributed by atoms with E-state index in [1.165, 1.54) is 32.1 Å². The van der Waals surface area contributed by atoms with Crippen molar-refractivity contribution < 1.29 is 9.53 Å². The molecule has 4 heteroatoms. The minimum Gasteiger partial charge on any atom is -0.445 e. The molecule has 1 amide bonds. The lowest BCUT2D eigenvalue weighted by molar-refractivity contribution is -0.0703. The molecule has 5 rings (SSSR count). The van der Waals surface area contributed by atoms with E-state index in [4.69, 9.17) is 10.5 Å². The summed E-state index contributed by atoms with van der Waals surface area (Å²) in [5.41, 5.74) is 7.46. The van der Waals surface area contributed by atoms with E-state index in [1.54, 1.807) is 0 Å². The molecule has 23 heavy (non-hydrogen) atoms. The normalized spacial score (nSPS) is 37.6. The van der Waals surface area contributed by atoms with E-state index in [0.29, 0.717) is 23.9 Å². The van der Waals surface area contributed by atoms with E-state index < -0.39 is 0 Å². The molecule has 4 aliphatic rings. The predicted octanol–water partition coefficient (Wildman–Crippen LogP) is 3.07. The van der Waals surface area contributed by atoms with Gasteiger partial charge in [-0.3, -0.25) is 0 Å². The number of alkyl carbamates (subject to hydrolysis) is 1. The minimum absolute atomic E-state index is 0.270. The van der Waals surface area contributed by atoms with E-state index in [-0.39, 0.29) is 12.1 Å². The highest BCUT2D eigenvalue weighted by atomic mass is 16.5. The van der Waals surface area contributed by atoms with E-state index >= 15 is 0 Å². The summed E-state index contributed by atoms with van der Waals surface area (Å²) in [7, 11) is 0. The summed E-state index contributed by atoms with van der Waals surface area (Å²) in [6.07, 6.45) is 5.90. The topological polar surface area (TPSA) is 64.3 Å². The standard InChI is InChI=1S/C19H26N2O2/c20-12-19-8-14-6-15(9-19)17(16(7-14)10-19)21-18(22)23-11-13-4-2-1-3-5-13/h1-5,14-17H,6-12,20H2,(H,21,22)/t14?,15-,16+,17-,19-. The molecule has 4 aliphatic carbocycles. The lowest BCUT2D eigenvalue weighted by atomic mass is 9.48. The zero-order valence-electron chi connectivity index (χ0n) is 13.5. The van der Waals surface area contributed by atoms with Crippen LogP contribution in [0.4, 0.5) is 4.79 Å². The van der Waals surface area contributed by atoms with Crippen LogP contribution >= 0.6 is 0 Å². The molecule has 1 unspecified atom stereocenters. The molecular weight excluding hydrogens is 288 g/mol. The Morgan fingerprint density at radius 2 is 1.87 bits per heavy atom. The van der Waals surface area contributed by atoms with Crippen molar-refractivity contribution in [1.29, 1.82) is 0 Å². The number of nitrogens with two attached hydrogens (primary N) is 1. The van der Waals surface area contributed by atoms with Crippen LogP contribution in [0, 0.1) is 23.2 Å². The number of amides is 1. The largest absolute Gasteiger partial charge is 0.445 e. The summed E-state index contributed by atoms with van der Waals surface area (Å²) < 4.78 is 5.41. The number of benzene rings is 1. The molecule has 1 aromatic rings. The van der Waals surface area contributed by atoms with Gasteiger partial charge in [-0.2, -0.15) is 0 Å². The molecule has 4 bridgehead atoms. The Hall–Kier alpha value is -1.55. The summed E-state index contributed by atoms with van der Waals surface area (Å²) >= 11 is 0. The second kappa shape index (κ2) is 5.82. The molecule has 124 valence electrons. The van der Waals surface area contributed by atoms with Gasteiger partial charge in [-0.15, -0.1) is 0 Å². The van der Waals surface area contributed by atoms with Gasteiger partial charge in [0, 0.05) is 6.04 Å². The van der Waals surface area contributed by atoms with Crippen LogP contribution in [0.3, 0.4) is 0 Å². The van der Waals surface area contributed by atoms with Gasteiger partial charge >= 0.3 is 6.09 Å². The van der Waals surface area contributed by atoms with Crippen LogP contribution in [0.25, 0.3) is 0 Å².